The number of benzene rings is 3. The van der Waals surface area contributed by atoms with E-state index in [0.717, 1.165) is 17.9 Å². The predicted molar refractivity (Wildman–Crippen MR) is 380 cm³/mol. The van der Waals surface area contributed by atoms with Gasteiger partial charge in [0, 0.05) is 36.8 Å². The summed E-state index contributed by atoms with van der Waals surface area (Å²) in [4.78, 5) is 108. The van der Waals surface area contributed by atoms with Gasteiger partial charge >= 0.3 is 77.6 Å². The number of rotatable bonds is 20. The van der Waals surface area contributed by atoms with Crippen LogP contribution in [0.25, 0.3) is 17.1 Å². The molecular formula is C68H74IN17NaO15P+2. The zero-order chi connectivity index (χ0) is 73.2. The number of allylic oxidation sites excluding steroid dienone is 1. The summed E-state index contributed by atoms with van der Waals surface area (Å²) in [6, 6.07) is 31.5. The van der Waals surface area contributed by atoms with E-state index in [0.29, 0.717) is 80.3 Å². The summed E-state index contributed by atoms with van der Waals surface area (Å²) < 4.78 is 5.67. The fourth-order valence-electron chi connectivity index (χ4n) is 11.7. The van der Waals surface area contributed by atoms with Gasteiger partial charge in [-0.15, -0.1) is 34.9 Å². The van der Waals surface area contributed by atoms with Crippen molar-refractivity contribution >= 4 is 111 Å². The van der Waals surface area contributed by atoms with E-state index in [-0.39, 0.29) is 98.1 Å². The van der Waals surface area contributed by atoms with Crippen molar-refractivity contribution in [3.05, 3.63) is 192 Å². The number of aromatic nitrogens is 9. The first kappa shape index (κ1) is 78.5. The molecule has 4 saturated heterocycles. The summed E-state index contributed by atoms with van der Waals surface area (Å²) in [6.45, 7) is 14.1. The zero-order valence-electron chi connectivity index (χ0n) is 56.5. The molecule has 103 heavy (non-hydrogen) atoms. The maximum atomic E-state index is 12.2. The number of hydrogen-bond acceptors (Lipinski definition) is 17. The molecule has 4 atom stereocenters. The maximum Gasteiger partial charge on any atom is 1.00 e. The average Bonchev–Trinajstić information content (AvgIpc) is 1.75. The number of carboxylic acid groups (broad SMARTS) is 4. The molecule has 4 fully saturated rings. The average molecular weight is 1550 g/mol. The topological polar surface area (TPSA) is 374 Å². The van der Waals surface area contributed by atoms with E-state index >= 15 is 0 Å². The Balaban J connectivity index is 0.000000160. The molecule has 0 aliphatic carbocycles. The third kappa shape index (κ3) is 19.7. The molecule has 5 N–H and O–H groups in total. The van der Waals surface area contributed by atoms with Crippen molar-refractivity contribution in [3.63, 3.8) is 0 Å². The molecule has 0 radical (unpaired) electrons. The van der Waals surface area contributed by atoms with Crippen LogP contribution in [0.1, 0.15) is 30.4 Å². The number of hydroxylamine groups is 6. The number of nitrogens with zero attached hydrogens (tertiary/aromatic N) is 17. The fourth-order valence-corrected chi connectivity index (χ4v) is 16.3. The Morgan fingerprint density at radius 3 is 1.27 bits per heavy atom. The number of carbonyl (C=O) groups is 8. The van der Waals surface area contributed by atoms with Crippen LogP contribution in [0, 0.1) is 12.3 Å². The third-order valence-corrected chi connectivity index (χ3v) is 21.0. The van der Waals surface area contributed by atoms with Crippen LogP contribution in [0.4, 0.5) is 19.2 Å². The number of urea groups is 4. The van der Waals surface area contributed by atoms with Crippen LogP contribution in [0.3, 0.4) is 0 Å². The first-order chi connectivity index (χ1) is 49.0. The molecular weight excluding hydrogens is 1480 g/mol. The Labute approximate surface area is 628 Å². The normalized spacial score (nSPS) is 18.7. The molecule has 532 valence electrons. The monoisotopic (exact) mass is 1550 g/mol. The number of carbonyl (C=O) groups excluding carboxylic acids is 4. The molecule has 14 rings (SSSR count). The summed E-state index contributed by atoms with van der Waals surface area (Å²) in [5.41, 5.74) is 3.41. The number of terminal acetylenes is 1. The Bertz CT molecular complexity index is 4080. The van der Waals surface area contributed by atoms with Crippen LogP contribution in [0.15, 0.2) is 175 Å². The van der Waals surface area contributed by atoms with E-state index in [4.69, 9.17) is 30.1 Å². The minimum Gasteiger partial charge on any atom is -0.481 e. The van der Waals surface area contributed by atoms with E-state index in [2.05, 4.69) is 189 Å². The van der Waals surface area contributed by atoms with Crippen LogP contribution in [0.5, 0.6) is 0 Å². The molecule has 0 spiro atoms. The van der Waals surface area contributed by atoms with E-state index < -0.39 is 43.2 Å². The number of fused-ring (bicyclic) bond motifs is 8. The predicted octanol–water partition coefficient (Wildman–Crippen LogP) is 1.89. The van der Waals surface area contributed by atoms with Crippen molar-refractivity contribution in [2.75, 3.05) is 72.6 Å². The van der Waals surface area contributed by atoms with E-state index in [1.165, 1.54) is 50.1 Å². The SMILES string of the molecule is C#CCC(=O)O.C/C=C/[P+](c1ccccc1)(c1ccccc1)c1ccccc1.C=CCON1C(=O)N2CC(I)=CC1C2.C=CCON1C(=O)N2CC(n3cc(CC(=O)O)nn3)=CC1C2.CN1C(=O)N2CC(n3cc(CC(=O)O)nn3)=CC1C2.O=C(O)Cc1cn(C2=CC3CN(C2)C(=O)N3O)nn1.[Na+]. The molecule has 8 aliphatic heterocycles. The Morgan fingerprint density at radius 1 is 0.553 bits per heavy atom. The van der Waals surface area contributed by atoms with Crippen LogP contribution in [-0.4, -0.2) is 255 Å². The first-order valence-corrected chi connectivity index (χ1v) is 34.6. The molecule has 3 aromatic heterocycles. The number of aliphatic carboxylic acids is 4. The van der Waals surface area contributed by atoms with Gasteiger partial charge in [0.15, 0.2) is 0 Å². The van der Waals surface area contributed by atoms with Gasteiger partial charge in [-0.2, -0.15) is 15.2 Å². The fraction of sp³-hybridized carbons (Fsp3) is 0.294. The van der Waals surface area contributed by atoms with Gasteiger partial charge in [-0.3, -0.25) is 34.1 Å². The van der Waals surface area contributed by atoms with Crippen molar-refractivity contribution in [2.24, 2.45) is 0 Å². The first-order valence-electron chi connectivity index (χ1n) is 31.7. The Kier molecular flexibility index (Phi) is 27.9. The molecule has 4 unspecified atom stereocenters. The van der Waals surface area contributed by atoms with Crippen molar-refractivity contribution in [2.45, 2.75) is 56.8 Å². The van der Waals surface area contributed by atoms with Crippen molar-refractivity contribution < 1.29 is 103 Å². The zero-order valence-corrected chi connectivity index (χ0v) is 61.5. The van der Waals surface area contributed by atoms with Crippen molar-refractivity contribution in [1.29, 1.82) is 0 Å². The van der Waals surface area contributed by atoms with Crippen LogP contribution in [0.2, 0.25) is 0 Å². The Hall–Kier alpha value is -10.2. The molecule has 11 heterocycles. The van der Waals surface area contributed by atoms with Gasteiger partial charge in [-0.25, -0.2) is 33.2 Å². The molecule has 6 aromatic rings. The largest absolute Gasteiger partial charge is 1.00 e. The van der Waals surface area contributed by atoms with Crippen molar-refractivity contribution in [3.8, 4) is 12.3 Å². The van der Waals surface area contributed by atoms with Gasteiger partial charge < -0.3 is 44.9 Å². The standard InChI is InChI=1S/C21H20P.C13H15N5O4.C11H13N5O3.C10H11N5O4.C9H11IN2O2.C4H4O2.Na/c1-2-18-22(19-12-6-3-7-13-19,20-14-8-4-9-15-20)21-16-10-5-11-17-21;1-2-3-22-18-11-5-10(7-16(8-11)13(18)21)17-6-9(14-15-17)4-12(19)20;1-14-8-3-9(6-15(5-8)11(14)19)16-4-7(12-13-16)2-10(17)18;16-9(17)1-6-3-14(12-11-6)7-2-8-5-13(4-7)10(18)15(8)19;1-2-3-14-12-8-4-7(10)5-11(6-8)9(12)13;1-2-3-4(5)6;/h2-18H,1H3;2,5-6,11H,1,3-4,7-8H2,(H,19,20);3-4,8H,2,5-6H2,1H3,(H,17,18);2-3,8,19H,1,4-5H2,(H,16,17);2,4,8H,1,3,5-6H2;1H,3H2,(H,5,6);/q+1;;;;;;+1/b18-2+;;;;;;. The second-order valence-electron chi connectivity index (χ2n) is 23.4. The second-order valence-corrected chi connectivity index (χ2v) is 28.1. The number of halogens is 1. The summed E-state index contributed by atoms with van der Waals surface area (Å²) in [6.07, 6.45) is 21.6. The molecule has 8 amide bonds. The van der Waals surface area contributed by atoms with E-state index in [1.807, 2.05) is 18.1 Å². The molecule has 3 aromatic carbocycles. The minimum atomic E-state index is -1.73. The van der Waals surface area contributed by atoms with Gasteiger partial charge in [0.25, 0.3) is 0 Å². The third-order valence-electron chi connectivity index (χ3n) is 16.2. The Morgan fingerprint density at radius 2 is 0.913 bits per heavy atom. The summed E-state index contributed by atoms with van der Waals surface area (Å²) in [5.74, 6) is 0.543. The molecule has 0 saturated carbocycles. The molecule has 32 nitrogen and oxygen atoms in total. The van der Waals surface area contributed by atoms with Gasteiger partial charge in [-0.1, -0.05) is 94.4 Å². The van der Waals surface area contributed by atoms with Gasteiger partial charge in [-0.05, 0) is 90.2 Å². The van der Waals surface area contributed by atoms with Crippen molar-refractivity contribution in [1.82, 2.24) is 84.7 Å². The summed E-state index contributed by atoms with van der Waals surface area (Å²) in [5, 5.41) is 74.1. The smallest absolute Gasteiger partial charge is 0.481 e. The van der Waals surface area contributed by atoms with Crippen LogP contribution < -0.4 is 45.5 Å². The number of carboxylic acids is 4. The summed E-state index contributed by atoms with van der Waals surface area (Å²) in [7, 11) is 0.0337. The molecule has 35 heteroatoms. The number of hydrogen-bond donors (Lipinski definition) is 5. The van der Waals surface area contributed by atoms with Gasteiger partial charge in [0.05, 0.1) is 141 Å². The molecule has 8 aliphatic rings. The van der Waals surface area contributed by atoms with E-state index in [9.17, 15) is 43.6 Å². The van der Waals surface area contributed by atoms with Gasteiger partial charge in [0.1, 0.15) is 29.6 Å². The number of amides is 8. The number of likely N-dealkylation sites (N-methyl/N-ethyl adjacent to an activating group) is 1. The minimum absolute atomic E-state index is 0. The van der Waals surface area contributed by atoms with Crippen LogP contribution in [-0.2, 0) is 48.1 Å². The van der Waals surface area contributed by atoms with Gasteiger partial charge in [0.2, 0.25) is 0 Å². The second kappa shape index (κ2) is 36.6. The van der Waals surface area contributed by atoms with Crippen LogP contribution >= 0.6 is 29.9 Å². The quantitative estimate of drug-likeness (QED) is 0.0182. The van der Waals surface area contributed by atoms with E-state index in [1.54, 1.807) is 62.0 Å². The molecule has 8 bridgehead atoms. The maximum absolute atomic E-state index is 12.2. The summed E-state index contributed by atoms with van der Waals surface area (Å²) >= 11 is 2.25.